The molecule has 0 spiro atoms. The molecule has 1 atom stereocenters. The Morgan fingerprint density at radius 3 is 2.04 bits per heavy atom. The quantitative estimate of drug-likeness (QED) is 0.152. The summed E-state index contributed by atoms with van der Waals surface area (Å²) in [6, 6.07) is 26.4. The smallest absolute Gasteiger partial charge is 0.264 e. The van der Waals surface area contributed by atoms with Gasteiger partial charge in [-0.15, -0.1) is 0 Å². The normalized spacial score (nSPS) is 14.0. The molecular weight excluding hydrogens is 663 g/mol. The summed E-state index contributed by atoms with van der Waals surface area (Å²) in [5, 5.41) is 3.26. The van der Waals surface area contributed by atoms with Crippen molar-refractivity contribution in [3.8, 4) is 11.5 Å². The first kappa shape index (κ1) is 37.4. The van der Waals surface area contributed by atoms with Gasteiger partial charge in [0.05, 0.1) is 24.8 Å². The number of carbonyl (C=O) groups is 2. The molecule has 4 aromatic carbocycles. The number of methoxy groups -OCH3 is 2. The third kappa shape index (κ3) is 9.49. The maximum Gasteiger partial charge on any atom is 0.264 e. The average molecular weight is 712 g/mol. The Hall–Kier alpha value is -4.83. The second kappa shape index (κ2) is 16.9. The monoisotopic (exact) mass is 711 g/mol. The average Bonchev–Trinajstić information content (AvgIpc) is 3.12. The lowest BCUT2D eigenvalue weighted by Crippen LogP contribution is -2.55. The van der Waals surface area contributed by atoms with Gasteiger partial charge in [0, 0.05) is 25.1 Å². The van der Waals surface area contributed by atoms with E-state index in [0.717, 1.165) is 64.2 Å². The molecule has 0 heterocycles. The van der Waals surface area contributed by atoms with Crippen molar-refractivity contribution < 1.29 is 27.5 Å². The van der Waals surface area contributed by atoms with Gasteiger partial charge in [-0.3, -0.25) is 13.9 Å². The molecule has 0 saturated heterocycles. The first-order valence-corrected chi connectivity index (χ1v) is 18.9. The van der Waals surface area contributed by atoms with Crippen LogP contribution in [-0.4, -0.2) is 58.0 Å². The number of amides is 2. The van der Waals surface area contributed by atoms with E-state index in [0.29, 0.717) is 11.4 Å². The van der Waals surface area contributed by atoms with Crippen LogP contribution in [0.4, 0.5) is 5.69 Å². The highest BCUT2D eigenvalue weighted by Crippen LogP contribution is 2.33. The number of carbonyl (C=O) groups excluding carboxylic acids is 2. The number of hydrogen-bond acceptors (Lipinski definition) is 6. The minimum absolute atomic E-state index is 0.0260. The molecule has 270 valence electrons. The zero-order valence-corrected chi connectivity index (χ0v) is 31.0. The second-order valence-electron chi connectivity index (χ2n) is 13.4. The lowest BCUT2D eigenvalue weighted by molar-refractivity contribution is -0.140. The minimum Gasteiger partial charge on any atom is -0.493 e. The zero-order chi connectivity index (χ0) is 36.5. The van der Waals surface area contributed by atoms with E-state index in [9.17, 15) is 18.0 Å². The molecule has 51 heavy (non-hydrogen) atoms. The Balaban J connectivity index is 1.60. The van der Waals surface area contributed by atoms with Crippen LogP contribution in [-0.2, 0) is 32.6 Å². The number of sulfonamides is 1. The van der Waals surface area contributed by atoms with E-state index < -0.39 is 28.5 Å². The number of nitrogens with one attached hydrogen (secondary N) is 1. The fraction of sp³-hybridized carbons (Fsp3) is 0.366. The number of hydrogen-bond donors (Lipinski definition) is 1. The van der Waals surface area contributed by atoms with Crippen LogP contribution in [0.25, 0.3) is 0 Å². The van der Waals surface area contributed by atoms with Crippen molar-refractivity contribution in [3.05, 3.63) is 119 Å². The standard InChI is InChI=1S/C41H49N3O6S/c1-29-16-18-33(19-17-29)27-43(37(25-32-12-8-6-9-13-32)41(46)42-34-14-10-7-11-15-34)40(45)28-44(35-23-30(2)22-31(3)24-35)51(47,48)36-20-21-38(49-4)39(26-36)50-5/h6,8-9,12-13,16-24,26,34,37H,7,10-11,14-15,25,27-28H2,1-5H3,(H,42,46). The van der Waals surface area contributed by atoms with Crippen molar-refractivity contribution in [2.45, 2.75) is 82.8 Å². The predicted molar refractivity (Wildman–Crippen MR) is 201 cm³/mol. The SMILES string of the molecule is COc1ccc(S(=O)(=O)N(CC(=O)N(Cc2ccc(C)cc2)C(Cc2ccccc2)C(=O)NC2CCCCC2)c2cc(C)cc(C)c2)cc1OC. The maximum absolute atomic E-state index is 14.9. The van der Waals surface area contributed by atoms with Crippen molar-refractivity contribution in [1.29, 1.82) is 0 Å². The molecule has 2 amide bonds. The summed E-state index contributed by atoms with van der Waals surface area (Å²) in [4.78, 5) is 30.7. The highest BCUT2D eigenvalue weighted by atomic mass is 32.2. The molecule has 9 nitrogen and oxygen atoms in total. The fourth-order valence-corrected chi connectivity index (χ4v) is 8.13. The lowest BCUT2D eigenvalue weighted by atomic mass is 9.94. The molecule has 1 aliphatic carbocycles. The van der Waals surface area contributed by atoms with Gasteiger partial charge < -0.3 is 19.7 Å². The lowest BCUT2D eigenvalue weighted by Gasteiger charge is -2.35. The topological polar surface area (TPSA) is 105 Å². The van der Waals surface area contributed by atoms with Crippen molar-refractivity contribution >= 4 is 27.5 Å². The van der Waals surface area contributed by atoms with Crippen LogP contribution in [0.5, 0.6) is 11.5 Å². The van der Waals surface area contributed by atoms with E-state index in [1.807, 2.05) is 81.4 Å². The molecule has 1 aliphatic rings. The van der Waals surface area contributed by atoms with Crippen LogP contribution in [0.2, 0.25) is 0 Å². The number of nitrogens with zero attached hydrogens (tertiary/aromatic N) is 2. The summed E-state index contributed by atoms with van der Waals surface area (Å²) in [5.74, 6) is -0.124. The molecule has 0 bridgehead atoms. The van der Waals surface area contributed by atoms with Crippen LogP contribution < -0.4 is 19.1 Å². The number of aryl methyl sites for hydroxylation is 3. The largest absolute Gasteiger partial charge is 0.493 e. The molecule has 1 N–H and O–H groups in total. The Morgan fingerprint density at radius 1 is 0.765 bits per heavy atom. The number of anilines is 1. The highest BCUT2D eigenvalue weighted by Gasteiger charge is 2.36. The van der Waals surface area contributed by atoms with Gasteiger partial charge in [0.2, 0.25) is 11.8 Å². The van der Waals surface area contributed by atoms with Gasteiger partial charge in [-0.25, -0.2) is 8.42 Å². The summed E-state index contributed by atoms with van der Waals surface area (Å²) in [6.45, 7) is 5.34. The molecule has 4 aromatic rings. The van der Waals surface area contributed by atoms with E-state index in [1.54, 1.807) is 17.0 Å². The van der Waals surface area contributed by atoms with Crippen LogP contribution in [0.1, 0.15) is 59.9 Å². The summed E-state index contributed by atoms with van der Waals surface area (Å²) >= 11 is 0. The van der Waals surface area contributed by atoms with Crippen LogP contribution in [0.3, 0.4) is 0 Å². The van der Waals surface area contributed by atoms with Gasteiger partial charge >= 0.3 is 0 Å². The molecule has 0 radical (unpaired) electrons. The first-order valence-electron chi connectivity index (χ1n) is 17.5. The van der Waals surface area contributed by atoms with E-state index in [4.69, 9.17) is 9.47 Å². The molecule has 5 rings (SSSR count). The van der Waals surface area contributed by atoms with Crippen molar-refractivity contribution in [3.63, 3.8) is 0 Å². The van der Waals surface area contributed by atoms with E-state index in [1.165, 1.54) is 32.4 Å². The fourth-order valence-electron chi connectivity index (χ4n) is 6.72. The number of ether oxygens (including phenoxy) is 2. The Morgan fingerprint density at radius 2 is 1.41 bits per heavy atom. The zero-order valence-electron chi connectivity index (χ0n) is 30.2. The van der Waals surface area contributed by atoms with Gasteiger partial charge in [0.25, 0.3) is 10.0 Å². The van der Waals surface area contributed by atoms with Gasteiger partial charge in [0.1, 0.15) is 12.6 Å². The number of rotatable bonds is 14. The number of benzene rings is 4. The summed E-state index contributed by atoms with van der Waals surface area (Å²) < 4.78 is 41.2. The molecule has 0 aromatic heterocycles. The highest BCUT2D eigenvalue weighted by molar-refractivity contribution is 7.92. The van der Waals surface area contributed by atoms with E-state index in [2.05, 4.69) is 5.32 Å². The Kier molecular flexibility index (Phi) is 12.4. The molecule has 1 unspecified atom stereocenters. The third-order valence-electron chi connectivity index (χ3n) is 9.41. The molecular formula is C41H49N3O6S. The van der Waals surface area contributed by atoms with Crippen LogP contribution in [0.15, 0.2) is 95.9 Å². The molecule has 10 heteroatoms. The summed E-state index contributed by atoms with van der Waals surface area (Å²) in [6.07, 6.45) is 5.27. The third-order valence-corrected chi connectivity index (χ3v) is 11.2. The van der Waals surface area contributed by atoms with Gasteiger partial charge in [-0.05, 0) is 80.1 Å². The van der Waals surface area contributed by atoms with E-state index >= 15 is 0 Å². The van der Waals surface area contributed by atoms with Crippen LogP contribution in [0, 0.1) is 20.8 Å². The van der Waals surface area contributed by atoms with Gasteiger partial charge in [-0.2, -0.15) is 0 Å². The maximum atomic E-state index is 14.9. The second-order valence-corrected chi connectivity index (χ2v) is 15.3. The molecule has 1 fully saturated rings. The predicted octanol–water partition coefficient (Wildman–Crippen LogP) is 6.91. The van der Waals surface area contributed by atoms with Crippen LogP contribution >= 0.6 is 0 Å². The summed E-state index contributed by atoms with van der Waals surface area (Å²) in [5.41, 5.74) is 4.82. The summed E-state index contributed by atoms with van der Waals surface area (Å²) in [7, 11) is -1.41. The Labute approximate surface area is 302 Å². The van der Waals surface area contributed by atoms with Crippen molar-refractivity contribution in [1.82, 2.24) is 10.2 Å². The van der Waals surface area contributed by atoms with Gasteiger partial charge in [0.15, 0.2) is 11.5 Å². The minimum atomic E-state index is -4.33. The van der Waals surface area contributed by atoms with E-state index in [-0.39, 0.29) is 35.6 Å². The van der Waals surface area contributed by atoms with Crippen molar-refractivity contribution in [2.75, 3.05) is 25.1 Å². The van der Waals surface area contributed by atoms with Crippen molar-refractivity contribution in [2.24, 2.45) is 0 Å². The Bertz CT molecular complexity index is 1890. The first-order chi connectivity index (χ1) is 24.5. The molecule has 1 saturated carbocycles. The molecule has 0 aliphatic heterocycles. The van der Waals surface area contributed by atoms with Gasteiger partial charge in [-0.1, -0.05) is 85.5 Å².